The van der Waals surface area contributed by atoms with Crippen LogP contribution in [0, 0.1) is 5.92 Å². The lowest BCUT2D eigenvalue weighted by Crippen LogP contribution is -2.47. The number of nitrogens with one attached hydrogen (secondary N) is 2. The lowest BCUT2D eigenvalue weighted by atomic mass is 9.80. The van der Waals surface area contributed by atoms with Crippen molar-refractivity contribution in [3.63, 3.8) is 0 Å². The Morgan fingerprint density at radius 2 is 2.00 bits per heavy atom. The third-order valence-corrected chi connectivity index (χ3v) is 3.02. The Morgan fingerprint density at radius 1 is 1.40 bits per heavy atom. The minimum Gasteiger partial charge on any atom is -0.352 e. The van der Waals surface area contributed by atoms with Crippen molar-refractivity contribution in [1.29, 1.82) is 0 Å². The maximum absolute atomic E-state index is 11.6. The first-order chi connectivity index (χ1) is 6.88. The number of carbonyl (C=O) groups is 1. The van der Waals surface area contributed by atoms with E-state index in [0.717, 1.165) is 0 Å². The van der Waals surface area contributed by atoms with Gasteiger partial charge in [-0.3, -0.25) is 4.79 Å². The second-order valence-corrected chi connectivity index (χ2v) is 5.65. The van der Waals surface area contributed by atoms with Crippen LogP contribution in [0.4, 0.5) is 0 Å². The monoisotopic (exact) mass is 212 g/mol. The summed E-state index contributed by atoms with van der Waals surface area (Å²) in [7, 11) is 0. The van der Waals surface area contributed by atoms with Crippen LogP contribution in [0.1, 0.15) is 47.0 Å². The Kier molecular flexibility index (Phi) is 4.14. The molecule has 0 aromatic heterocycles. The summed E-state index contributed by atoms with van der Waals surface area (Å²) in [6.45, 7) is 8.72. The summed E-state index contributed by atoms with van der Waals surface area (Å²) in [6.07, 6.45) is 3.87. The van der Waals surface area contributed by atoms with E-state index in [9.17, 15) is 4.79 Å². The van der Waals surface area contributed by atoms with Gasteiger partial charge in [-0.1, -0.05) is 6.42 Å². The number of amides is 1. The highest BCUT2D eigenvalue weighted by Crippen LogP contribution is 2.29. The van der Waals surface area contributed by atoms with Crippen LogP contribution in [0.25, 0.3) is 0 Å². The lowest BCUT2D eigenvalue weighted by Gasteiger charge is -2.32. The number of hydrogen-bond donors (Lipinski definition) is 2. The smallest absolute Gasteiger partial charge is 0.234 e. The van der Waals surface area contributed by atoms with Crippen LogP contribution in [0.3, 0.4) is 0 Å². The van der Waals surface area contributed by atoms with Crippen LogP contribution < -0.4 is 10.6 Å². The molecule has 3 nitrogen and oxygen atoms in total. The molecule has 2 N–H and O–H groups in total. The van der Waals surface area contributed by atoms with Gasteiger partial charge in [0, 0.05) is 11.6 Å². The van der Waals surface area contributed by atoms with Crippen molar-refractivity contribution in [3.8, 4) is 0 Å². The first kappa shape index (κ1) is 12.5. The van der Waals surface area contributed by atoms with Crippen molar-refractivity contribution in [3.05, 3.63) is 0 Å². The predicted octanol–water partition coefficient (Wildman–Crippen LogP) is 1.68. The number of hydrogen-bond acceptors (Lipinski definition) is 2. The molecule has 3 heteroatoms. The minimum absolute atomic E-state index is 0.0110. The maximum Gasteiger partial charge on any atom is 0.234 e. The molecule has 0 radical (unpaired) electrons. The molecule has 1 saturated carbocycles. The molecule has 15 heavy (non-hydrogen) atoms. The summed E-state index contributed by atoms with van der Waals surface area (Å²) < 4.78 is 0. The first-order valence-corrected chi connectivity index (χ1v) is 5.93. The Morgan fingerprint density at radius 3 is 2.40 bits per heavy atom. The van der Waals surface area contributed by atoms with Crippen molar-refractivity contribution in [1.82, 2.24) is 10.6 Å². The van der Waals surface area contributed by atoms with Crippen molar-refractivity contribution in [2.45, 2.75) is 58.5 Å². The van der Waals surface area contributed by atoms with E-state index in [2.05, 4.69) is 38.3 Å². The molecule has 0 saturated heterocycles. The van der Waals surface area contributed by atoms with E-state index in [1.807, 2.05) is 0 Å². The molecule has 0 aromatic carbocycles. The average molecular weight is 212 g/mol. The predicted molar refractivity (Wildman–Crippen MR) is 62.7 cm³/mol. The normalized spacial score (nSPS) is 19.5. The van der Waals surface area contributed by atoms with Gasteiger partial charge in [-0.25, -0.2) is 0 Å². The molecule has 0 aliphatic heterocycles. The van der Waals surface area contributed by atoms with Crippen LogP contribution in [-0.2, 0) is 4.79 Å². The lowest BCUT2D eigenvalue weighted by molar-refractivity contribution is -0.121. The van der Waals surface area contributed by atoms with Gasteiger partial charge in [0.1, 0.15) is 0 Å². The van der Waals surface area contributed by atoms with E-state index < -0.39 is 0 Å². The molecule has 0 bridgehead atoms. The molecule has 0 heterocycles. The molecule has 1 unspecified atom stereocenters. The van der Waals surface area contributed by atoms with Crippen molar-refractivity contribution in [2.24, 2.45) is 5.92 Å². The van der Waals surface area contributed by atoms with Gasteiger partial charge in [0.05, 0.1) is 6.54 Å². The summed E-state index contributed by atoms with van der Waals surface area (Å²) >= 11 is 0. The van der Waals surface area contributed by atoms with Crippen LogP contribution in [0.5, 0.6) is 0 Å². The molecule has 0 spiro atoms. The molecule has 1 rings (SSSR count). The van der Waals surface area contributed by atoms with Gasteiger partial charge in [0.15, 0.2) is 0 Å². The SMILES string of the molecule is CC(NC(=O)CNC(C)(C)C)C1CCC1. The summed E-state index contributed by atoms with van der Waals surface area (Å²) in [6, 6.07) is 0.341. The van der Waals surface area contributed by atoms with Gasteiger partial charge in [0.25, 0.3) is 0 Å². The van der Waals surface area contributed by atoms with E-state index in [1.165, 1.54) is 19.3 Å². The highest BCUT2D eigenvalue weighted by atomic mass is 16.2. The van der Waals surface area contributed by atoms with Gasteiger partial charge in [-0.05, 0) is 46.5 Å². The zero-order chi connectivity index (χ0) is 11.5. The molecular formula is C12H24N2O. The number of rotatable bonds is 4. The molecule has 1 fully saturated rings. The zero-order valence-electron chi connectivity index (χ0n) is 10.4. The molecule has 1 aliphatic carbocycles. The van der Waals surface area contributed by atoms with Gasteiger partial charge in [-0.2, -0.15) is 0 Å². The van der Waals surface area contributed by atoms with E-state index in [0.29, 0.717) is 18.5 Å². The van der Waals surface area contributed by atoms with Crippen molar-refractivity contribution in [2.75, 3.05) is 6.54 Å². The van der Waals surface area contributed by atoms with E-state index in [-0.39, 0.29) is 11.4 Å². The first-order valence-electron chi connectivity index (χ1n) is 5.93. The second-order valence-electron chi connectivity index (χ2n) is 5.65. The quantitative estimate of drug-likeness (QED) is 0.744. The van der Waals surface area contributed by atoms with E-state index in [4.69, 9.17) is 0 Å². The summed E-state index contributed by atoms with van der Waals surface area (Å²) in [4.78, 5) is 11.6. The Labute approximate surface area is 93.0 Å². The minimum atomic E-state index is 0.0110. The molecule has 1 amide bonds. The van der Waals surface area contributed by atoms with Gasteiger partial charge in [-0.15, -0.1) is 0 Å². The molecule has 1 aliphatic rings. The maximum atomic E-state index is 11.6. The fraction of sp³-hybridized carbons (Fsp3) is 0.917. The average Bonchev–Trinajstić information content (AvgIpc) is 1.95. The van der Waals surface area contributed by atoms with Crippen molar-refractivity contribution >= 4 is 5.91 Å². The van der Waals surface area contributed by atoms with E-state index >= 15 is 0 Å². The summed E-state index contributed by atoms with van der Waals surface area (Å²) in [5.41, 5.74) is 0.0110. The van der Waals surface area contributed by atoms with Crippen LogP contribution >= 0.6 is 0 Å². The summed E-state index contributed by atoms with van der Waals surface area (Å²) in [5.74, 6) is 0.827. The third kappa shape index (κ3) is 4.65. The fourth-order valence-electron chi connectivity index (χ4n) is 1.71. The Bertz CT molecular complexity index is 216. The highest BCUT2D eigenvalue weighted by Gasteiger charge is 2.25. The van der Waals surface area contributed by atoms with Gasteiger partial charge >= 0.3 is 0 Å². The van der Waals surface area contributed by atoms with Gasteiger partial charge < -0.3 is 10.6 Å². The number of carbonyl (C=O) groups excluding carboxylic acids is 1. The van der Waals surface area contributed by atoms with Crippen molar-refractivity contribution < 1.29 is 4.79 Å². The Hall–Kier alpha value is -0.570. The third-order valence-electron chi connectivity index (χ3n) is 3.02. The second kappa shape index (κ2) is 4.97. The zero-order valence-corrected chi connectivity index (χ0v) is 10.4. The molecular weight excluding hydrogens is 188 g/mol. The molecule has 0 aromatic rings. The van der Waals surface area contributed by atoms with Crippen LogP contribution in [-0.4, -0.2) is 24.0 Å². The van der Waals surface area contributed by atoms with Crippen LogP contribution in [0.15, 0.2) is 0 Å². The highest BCUT2D eigenvalue weighted by molar-refractivity contribution is 5.78. The van der Waals surface area contributed by atoms with Crippen LogP contribution in [0.2, 0.25) is 0 Å². The standard InChI is InChI=1S/C12H24N2O/c1-9(10-6-5-7-10)14-11(15)8-13-12(2,3)4/h9-10,13H,5-8H2,1-4H3,(H,14,15). The molecule has 88 valence electrons. The largest absolute Gasteiger partial charge is 0.352 e. The topological polar surface area (TPSA) is 41.1 Å². The Balaban J connectivity index is 2.17. The van der Waals surface area contributed by atoms with E-state index in [1.54, 1.807) is 0 Å². The fourth-order valence-corrected chi connectivity index (χ4v) is 1.71. The van der Waals surface area contributed by atoms with Gasteiger partial charge in [0.2, 0.25) is 5.91 Å². The summed E-state index contributed by atoms with van der Waals surface area (Å²) in [5, 5.41) is 6.24. The molecule has 1 atom stereocenters.